The molecule has 0 fully saturated rings. The first-order chi connectivity index (χ1) is 5.70. The number of halogens is 1. The van der Waals surface area contributed by atoms with Gasteiger partial charge in [-0.2, -0.15) is 5.10 Å². The highest BCUT2D eigenvalue weighted by molar-refractivity contribution is 14.1. The van der Waals surface area contributed by atoms with Crippen molar-refractivity contribution < 1.29 is 0 Å². The number of nitrogens with zero attached hydrogens (tertiary/aromatic N) is 3. The van der Waals surface area contributed by atoms with E-state index in [9.17, 15) is 0 Å². The summed E-state index contributed by atoms with van der Waals surface area (Å²) in [6, 6.07) is 0. The van der Waals surface area contributed by atoms with Crippen molar-refractivity contribution in [3.8, 4) is 0 Å². The smallest absolute Gasteiger partial charge is 0.137 e. The van der Waals surface area contributed by atoms with Gasteiger partial charge >= 0.3 is 0 Å². The zero-order chi connectivity index (χ0) is 8.72. The minimum absolute atomic E-state index is 0.566. The van der Waals surface area contributed by atoms with E-state index < -0.39 is 0 Å². The average molecular weight is 274 g/mol. The molecule has 0 radical (unpaired) electrons. The van der Waals surface area contributed by atoms with Gasteiger partial charge in [0, 0.05) is 12.4 Å². The highest BCUT2D eigenvalue weighted by atomic mass is 127. The zero-order valence-electron chi connectivity index (χ0n) is 6.45. The normalized spacial score (nSPS) is 10.8. The third-order valence-corrected chi connectivity index (χ3v) is 2.91. The molecular weight excluding hydrogens is 267 g/mol. The van der Waals surface area contributed by atoms with Crippen LogP contribution in [0.5, 0.6) is 0 Å². The summed E-state index contributed by atoms with van der Waals surface area (Å²) in [5, 5.41) is 5.17. The van der Waals surface area contributed by atoms with Crippen molar-refractivity contribution in [1.82, 2.24) is 14.8 Å². The monoisotopic (exact) mass is 274 g/mol. The van der Waals surface area contributed by atoms with Gasteiger partial charge in [-0.1, -0.05) is 0 Å². The summed E-state index contributed by atoms with van der Waals surface area (Å²) < 4.78 is 2.75. The number of anilines is 1. The average Bonchev–Trinajstić information content (AvgIpc) is 2.41. The van der Waals surface area contributed by atoms with Crippen molar-refractivity contribution in [3.05, 3.63) is 16.0 Å². The Kier molecular flexibility index (Phi) is 1.67. The molecular formula is C7H7IN4. The second-order valence-corrected chi connectivity index (χ2v) is 3.60. The molecule has 2 N–H and O–H groups in total. The quantitative estimate of drug-likeness (QED) is 0.733. The van der Waals surface area contributed by atoms with E-state index in [1.807, 2.05) is 7.05 Å². The van der Waals surface area contributed by atoms with Gasteiger partial charge in [-0.25, -0.2) is 4.98 Å². The Morgan fingerprint density at radius 3 is 3.00 bits per heavy atom. The van der Waals surface area contributed by atoms with Crippen LogP contribution in [0.15, 0.2) is 12.4 Å². The summed E-state index contributed by atoms with van der Waals surface area (Å²) in [6.07, 6.45) is 3.54. The minimum Gasteiger partial charge on any atom is -0.383 e. The van der Waals surface area contributed by atoms with Gasteiger partial charge in [0.1, 0.15) is 5.82 Å². The molecule has 2 rings (SSSR count). The molecule has 0 spiro atoms. The summed E-state index contributed by atoms with van der Waals surface area (Å²) in [4.78, 5) is 4.05. The third-order valence-electron chi connectivity index (χ3n) is 1.77. The molecule has 0 unspecified atom stereocenters. The van der Waals surface area contributed by atoms with Crippen molar-refractivity contribution in [2.45, 2.75) is 0 Å². The highest BCUT2D eigenvalue weighted by Crippen LogP contribution is 2.22. The maximum Gasteiger partial charge on any atom is 0.137 e. The molecule has 0 aliphatic heterocycles. The molecule has 12 heavy (non-hydrogen) atoms. The Balaban J connectivity index is 2.93. The molecule has 2 aromatic heterocycles. The predicted octanol–water partition coefficient (Wildman–Crippen LogP) is 1.16. The van der Waals surface area contributed by atoms with Gasteiger partial charge in [0.25, 0.3) is 0 Å². The van der Waals surface area contributed by atoms with Gasteiger partial charge in [-0.05, 0) is 22.6 Å². The van der Waals surface area contributed by atoms with Crippen LogP contribution in [-0.2, 0) is 7.05 Å². The molecule has 0 aliphatic rings. The number of nitrogens with two attached hydrogens (primary N) is 1. The fourth-order valence-corrected chi connectivity index (χ4v) is 1.65. The molecule has 4 nitrogen and oxygen atoms in total. The lowest BCUT2D eigenvalue weighted by Gasteiger charge is -1.98. The summed E-state index contributed by atoms with van der Waals surface area (Å²) >= 11 is 2.18. The van der Waals surface area contributed by atoms with Crippen molar-refractivity contribution in [3.63, 3.8) is 0 Å². The van der Waals surface area contributed by atoms with E-state index in [0.717, 1.165) is 14.5 Å². The molecule has 0 aliphatic carbocycles. The Hall–Kier alpha value is -0.850. The second kappa shape index (κ2) is 2.58. The molecule has 0 aromatic carbocycles. The summed E-state index contributed by atoms with van der Waals surface area (Å²) in [5.74, 6) is 0.566. The predicted molar refractivity (Wildman–Crippen MR) is 55.6 cm³/mol. The highest BCUT2D eigenvalue weighted by Gasteiger charge is 2.06. The summed E-state index contributed by atoms with van der Waals surface area (Å²) in [6.45, 7) is 0. The molecule has 2 heterocycles. The first-order valence-electron chi connectivity index (χ1n) is 3.42. The molecule has 62 valence electrons. The number of nitrogen functional groups attached to an aromatic ring is 1. The number of pyridine rings is 1. The largest absolute Gasteiger partial charge is 0.383 e. The maximum atomic E-state index is 5.64. The van der Waals surface area contributed by atoms with Crippen LogP contribution in [0.25, 0.3) is 10.9 Å². The van der Waals surface area contributed by atoms with E-state index in [2.05, 4.69) is 32.7 Å². The van der Waals surface area contributed by atoms with Gasteiger partial charge in [-0.15, -0.1) is 0 Å². The second-order valence-electron chi connectivity index (χ2n) is 2.52. The zero-order valence-corrected chi connectivity index (χ0v) is 8.61. The fraction of sp³-hybridized carbons (Fsp3) is 0.143. The van der Waals surface area contributed by atoms with Gasteiger partial charge in [0.05, 0.1) is 21.5 Å². The maximum absolute atomic E-state index is 5.64. The van der Waals surface area contributed by atoms with Crippen molar-refractivity contribution >= 4 is 39.3 Å². The Morgan fingerprint density at radius 1 is 1.50 bits per heavy atom. The lowest BCUT2D eigenvalue weighted by Crippen LogP contribution is -1.95. The van der Waals surface area contributed by atoms with E-state index in [4.69, 9.17) is 5.73 Å². The number of rotatable bonds is 0. The van der Waals surface area contributed by atoms with Crippen LogP contribution < -0.4 is 5.73 Å². The summed E-state index contributed by atoms with van der Waals surface area (Å²) in [5.41, 5.74) is 6.65. The van der Waals surface area contributed by atoms with Crippen molar-refractivity contribution in [2.75, 3.05) is 5.73 Å². The van der Waals surface area contributed by atoms with E-state index >= 15 is 0 Å². The first-order valence-corrected chi connectivity index (χ1v) is 4.49. The topological polar surface area (TPSA) is 56.7 Å². The third kappa shape index (κ3) is 0.961. The van der Waals surface area contributed by atoms with Gasteiger partial charge < -0.3 is 5.73 Å². The molecule has 0 saturated heterocycles. The van der Waals surface area contributed by atoms with Crippen LogP contribution in [-0.4, -0.2) is 14.8 Å². The van der Waals surface area contributed by atoms with E-state index in [-0.39, 0.29) is 0 Å². The lowest BCUT2D eigenvalue weighted by molar-refractivity contribution is 0.795. The standard InChI is InChI=1S/C7H7IN4/c1-12-5-3-10-7(9)6(8)4(5)2-11-12/h2-3H,1H3,(H2,9,10). The van der Waals surface area contributed by atoms with E-state index in [1.165, 1.54) is 0 Å². The molecule has 0 atom stereocenters. The summed E-state index contributed by atoms with van der Waals surface area (Å²) in [7, 11) is 1.89. The number of hydrogen-bond donors (Lipinski definition) is 1. The van der Waals surface area contributed by atoms with Crippen molar-refractivity contribution in [2.24, 2.45) is 7.05 Å². The van der Waals surface area contributed by atoms with Crippen LogP contribution in [0.4, 0.5) is 5.82 Å². The first kappa shape index (κ1) is 7.78. The molecule has 0 amide bonds. The lowest BCUT2D eigenvalue weighted by atomic mass is 10.3. The minimum atomic E-state index is 0.566. The molecule has 5 heteroatoms. The SMILES string of the molecule is Cn1ncc2c(I)c(N)ncc21. The van der Waals surface area contributed by atoms with Crippen LogP contribution in [0, 0.1) is 3.57 Å². The van der Waals surface area contributed by atoms with Crippen LogP contribution in [0.1, 0.15) is 0 Å². The van der Waals surface area contributed by atoms with Gasteiger partial charge in [0.2, 0.25) is 0 Å². The number of fused-ring (bicyclic) bond motifs is 1. The Bertz CT molecular complexity index is 434. The number of hydrogen-bond acceptors (Lipinski definition) is 3. The Labute approximate surface area is 82.9 Å². The van der Waals surface area contributed by atoms with Crippen LogP contribution >= 0.6 is 22.6 Å². The number of aromatic nitrogens is 3. The molecule has 0 bridgehead atoms. The van der Waals surface area contributed by atoms with Gasteiger partial charge in [-0.3, -0.25) is 4.68 Å². The van der Waals surface area contributed by atoms with Crippen LogP contribution in [0.3, 0.4) is 0 Å². The van der Waals surface area contributed by atoms with Crippen molar-refractivity contribution in [1.29, 1.82) is 0 Å². The van der Waals surface area contributed by atoms with E-state index in [0.29, 0.717) is 5.82 Å². The molecule has 2 aromatic rings. The van der Waals surface area contributed by atoms with Crippen LogP contribution in [0.2, 0.25) is 0 Å². The molecule has 0 saturated carbocycles. The Morgan fingerprint density at radius 2 is 2.25 bits per heavy atom. The number of aryl methyl sites for hydroxylation is 1. The fourth-order valence-electron chi connectivity index (χ4n) is 1.09. The van der Waals surface area contributed by atoms with E-state index in [1.54, 1.807) is 17.1 Å². The van der Waals surface area contributed by atoms with Gasteiger partial charge in [0.15, 0.2) is 0 Å².